The Bertz CT molecular complexity index is 746. The number of rotatable bonds is 3. The fraction of sp³-hybridized carbons (Fsp3) is 0.533. The van der Waals surface area contributed by atoms with Crippen LogP contribution in [0, 0.1) is 0 Å². The zero-order valence-electron chi connectivity index (χ0n) is 12.8. The average molecular weight is 352 g/mol. The summed E-state index contributed by atoms with van der Waals surface area (Å²) in [5.41, 5.74) is 1.27. The monoisotopic (exact) mass is 351 g/mol. The van der Waals surface area contributed by atoms with Crippen molar-refractivity contribution in [2.75, 3.05) is 24.2 Å². The van der Waals surface area contributed by atoms with Crippen LogP contribution in [0.15, 0.2) is 11.4 Å². The van der Waals surface area contributed by atoms with Crippen LogP contribution in [0.4, 0.5) is 5.82 Å². The van der Waals surface area contributed by atoms with Gasteiger partial charge in [-0.15, -0.1) is 0 Å². The van der Waals surface area contributed by atoms with Crippen LogP contribution >= 0.6 is 23.4 Å². The van der Waals surface area contributed by atoms with Crippen LogP contribution in [0.5, 0.6) is 0 Å². The summed E-state index contributed by atoms with van der Waals surface area (Å²) in [7, 11) is 0. The Hall–Kier alpha value is -1.15. The topological polar surface area (TPSA) is 74.2 Å². The van der Waals surface area contributed by atoms with E-state index in [4.69, 9.17) is 16.6 Å². The van der Waals surface area contributed by atoms with Gasteiger partial charge in [-0.25, -0.2) is 15.0 Å². The van der Waals surface area contributed by atoms with E-state index < -0.39 is 0 Å². The molecule has 2 saturated heterocycles. The number of pyridine rings is 1. The quantitative estimate of drug-likeness (QED) is 0.496. The molecule has 2 aliphatic heterocycles. The molecule has 2 N–H and O–H groups in total. The Morgan fingerprint density at radius 3 is 2.74 bits per heavy atom. The SMILES string of the molecule is CSc1nc(N2CC3CCC(C2)N3)c2cnc(Cl)c(CO)c2n1. The second kappa shape index (κ2) is 6.05. The summed E-state index contributed by atoms with van der Waals surface area (Å²) >= 11 is 7.63. The van der Waals surface area contributed by atoms with E-state index in [1.165, 1.54) is 24.6 Å². The van der Waals surface area contributed by atoms with Crippen molar-refractivity contribution in [2.24, 2.45) is 0 Å². The Balaban J connectivity index is 1.88. The molecule has 6 nitrogen and oxygen atoms in total. The molecule has 2 aliphatic rings. The first kappa shape index (κ1) is 15.4. The van der Waals surface area contributed by atoms with Crippen LogP contribution in [0.2, 0.25) is 5.15 Å². The highest BCUT2D eigenvalue weighted by molar-refractivity contribution is 7.98. The Labute approximate surface area is 143 Å². The Morgan fingerprint density at radius 1 is 1.35 bits per heavy atom. The van der Waals surface area contributed by atoms with Crippen molar-refractivity contribution in [1.29, 1.82) is 0 Å². The third-order valence-corrected chi connectivity index (χ3v) is 5.48. The number of aliphatic hydroxyl groups excluding tert-OH is 1. The highest BCUT2D eigenvalue weighted by Gasteiger charge is 2.33. The van der Waals surface area contributed by atoms with Gasteiger partial charge in [-0.2, -0.15) is 0 Å². The number of piperazine rings is 1. The van der Waals surface area contributed by atoms with E-state index >= 15 is 0 Å². The molecule has 23 heavy (non-hydrogen) atoms. The molecule has 2 aromatic heterocycles. The molecule has 2 atom stereocenters. The molecular weight excluding hydrogens is 334 g/mol. The van der Waals surface area contributed by atoms with E-state index in [2.05, 4.69) is 20.2 Å². The molecule has 122 valence electrons. The van der Waals surface area contributed by atoms with Crippen molar-refractivity contribution < 1.29 is 5.11 Å². The highest BCUT2D eigenvalue weighted by atomic mass is 35.5. The largest absolute Gasteiger partial charge is 0.391 e. The van der Waals surface area contributed by atoms with Crippen LogP contribution in [0.3, 0.4) is 0 Å². The molecule has 0 aromatic carbocycles. The van der Waals surface area contributed by atoms with Crippen LogP contribution in [0.1, 0.15) is 18.4 Å². The maximum atomic E-state index is 9.66. The standard InChI is InChI=1S/C15H18ClN5OS/c1-23-15-19-12-10(4-17-13(16)11(12)7-22)14(20-15)21-5-8-2-3-9(6-21)18-8/h4,8-9,18,22H,2-3,5-7H2,1H3. The van der Waals surface area contributed by atoms with Gasteiger partial charge in [0.2, 0.25) is 0 Å². The van der Waals surface area contributed by atoms with E-state index in [0.29, 0.717) is 33.5 Å². The Morgan fingerprint density at radius 2 is 2.09 bits per heavy atom. The smallest absolute Gasteiger partial charge is 0.189 e. The molecule has 8 heteroatoms. The van der Waals surface area contributed by atoms with Gasteiger partial charge < -0.3 is 15.3 Å². The minimum absolute atomic E-state index is 0.180. The van der Waals surface area contributed by atoms with Gasteiger partial charge in [0.1, 0.15) is 11.0 Å². The van der Waals surface area contributed by atoms with E-state index in [1.54, 1.807) is 6.20 Å². The number of aromatic nitrogens is 3. The van der Waals surface area contributed by atoms with Crippen molar-refractivity contribution in [1.82, 2.24) is 20.3 Å². The molecule has 0 spiro atoms. The van der Waals surface area contributed by atoms with E-state index in [0.717, 1.165) is 24.3 Å². The summed E-state index contributed by atoms with van der Waals surface area (Å²) in [5.74, 6) is 0.900. The molecule has 2 bridgehead atoms. The summed E-state index contributed by atoms with van der Waals surface area (Å²) in [6.45, 7) is 1.70. The number of nitrogens with zero attached hydrogens (tertiary/aromatic N) is 4. The number of thioether (sulfide) groups is 1. The number of aliphatic hydroxyl groups is 1. The van der Waals surface area contributed by atoms with Gasteiger partial charge in [0.25, 0.3) is 0 Å². The van der Waals surface area contributed by atoms with Gasteiger partial charge in [-0.3, -0.25) is 0 Å². The maximum absolute atomic E-state index is 9.66. The molecule has 0 saturated carbocycles. The fourth-order valence-corrected chi connectivity index (χ4v) is 4.08. The minimum Gasteiger partial charge on any atom is -0.391 e. The van der Waals surface area contributed by atoms with Crippen LogP contribution in [-0.4, -0.2) is 51.5 Å². The minimum atomic E-state index is -0.180. The Kier molecular flexibility index (Phi) is 4.05. The van der Waals surface area contributed by atoms with Crippen molar-refractivity contribution in [3.05, 3.63) is 16.9 Å². The van der Waals surface area contributed by atoms with E-state index in [-0.39, 0.29) is 6.61 Å². The first-order valence-corrected chi connectivity index (χ1v) is 9.31. The van der Waals surface area contributed by atoms with Gasteiger partial charge in [0.05, 0.1) is 17.5 Å². The summed E-state index contributed by atoms with van der Waals surface area (Å²) in [4.78, 5) is 15.8. The summed E-state index contributed by atoms with van der Waals surface area (Å²) in [6.07, 6.45) is 6.10. The molecule has 2 unspecified atom stereocenters. The predicted octanol–water partition coefficient (Wildman–Crippen LogP) is 1.83. The van der Waals surface area contributed by atoms with Gasteiger partial charge in [0.15, 0.2) is 5.16 Å². The van der Waals surface area contributed by atoms with Gasteiger partial charge in [-0.05, 0) is 19.1 Å². The highest BCUT2D eigenvalue weighted by Crippen LogP contribution is 2.33. The lowest BCUT2D eigenvalue weighted by Crippen LogP contribution is -2.51. The second-order valence-corrected chi connectivity index (χ2v) is 7.16. The second-order valence-electron chi connectivity index (χ2n) is 6.02. The number of hydrogen-bond acceptors (Lipinski definition) is 7. The van der Waals surface area contributed by atoms with Gasteiger partial charge >= 0.3 is 0 Å². The fourth-order valence-electron chi connectivity index (χ4n) is 3.53. The van der Waals surface area contributed by atoms with E-state index in [1.807, 2.05) is 6.26 Å². The third-order valence-electron chi connectivity index (χ3n) is 4.60. The lowest BCUT2D eigenvalue weighted by molar-refractivity contribution is 0.282. The van der Waals surface area contributed by atoms with Crippen molar-refractivity contribution >= 4 is 40.1 Å². The predicted molar refractivity (Wildman–Crippen MR) is 92.2 cm³/mol. The first-order chi connectivity index (χ1) is 11.2. The molecule has 4 rings (SSSR count). The van der Waals surface area contributed by atoms with Gasteiger partial charge in [-0.1, -0.05) is 23.4 Å². The van der Waals surface area contributed by atoms with Crippen LogP contribution < -0.4 is 10.2 Å². The number of nitrogens with one attached hydrogen (secondary N) is 1. The number of fused-ring (bicyclic) bond motifs is 3. The van der Waals surface area contributed by atoms with Crippen LogP contribution in [0.25, 0.3) is 10.9 Å². The normalized spacial score (nSPS) is 23.7. The van der Waals surface area contributed by atoms with Crippen LogP contribution in [-0.2, 0) is 6.61 Å². The molecule has 4 heterocycles. The summed E-state index contributed by atoms with van der Waals surface area (Å²) in [5, 5.41) is 15.1. The van der Waals surface area contributed by atoms with Crippen molar-refractivity contribution in [3.8, 4) is 0 Å². The summed E-state index contributed by atoms with van der Waals surface area (Å²) in [6, 6.07) is 1.04. The van der Waals surface area contributed by atoms with E-state index in [9.17, 15) is 5.11 Å². The average Bonchev–Trinajstić information content (AvgIpc) is 2.91. The lowest BCUT2D eigenvalue weighted by Gasteiger charge is -2.34. The summed E-state index contributed by atoms with van der Waals surface area (Å²) < 4.78 is 0. The number of hydrogen-bond donors (Lipinski definition) is 2. The lowest BCUT2D eigenvalue weighted by atomic mass is 10.1. The molecule has 2 fully saturated rings. The number of halogens is 1. The van der Waals surface area contributed by atoms with Gasteiger partial charge in [0, 0.05) is 36.9 Å². The maximum Gasteiger partial charge on any atom is 0.189 e. The van der Waals surface area contributed by atoms with Crippen molar-refractivity contribution in [3.63, 3.8) is 0 Å². The molecular formula is C15H18ClN5OS. The third kappa shape index (κ3) is 2.65. The van der Waals surface area contributed by atoms with Crippen molar-refractivity contribution in [2.45, 2.75) is 36.7 Å². The molecule has 0 amide bonds. The number of anilines is 1. The zero-order valence-corrected chi connectivity index (χ0v) is 14.4. The molecule has 0 radical (unpaired) electrons. The molecule has 2 aromatic rings. The zero-order chi connectivity index (χ0) is 16.0. The first-order valence-electron chi connectivity index (χ1n) is 7.70. The molecule has 0 aliphatic carbocycles.